The Morgan fingerprint density at radius 1 is 0.960 bits per heavy atom. The van der Waals surface area contributed by atoms with Gasteiger partial charge in [-0.2, -0.15) is 4.98 Å². The average Bonchev–Trinajstić information content (AvgIpc) is 3.52. The molecule has 4 heterocycles. The fraction of sp³-hybridized carbons (Fsp3) is 0.359. The molecule has 1 amide bonds. The number of carbonyl (C=O) groups excluding carboxylic acids is 1. The molecule has 4 fully saturated rings. The van der Waals surface area contributed by atoms with E-state index in [9.17, 15) is 14.7 Å². The zero-order chi connectivity index (χ0) is 33.8. The van der Waals surface area contributed by atoms with Crippen LogP contribution in [0.5, 0.6) is 11.8 Å². The van der Waals surface area contributed by atoms with Crippen molar-refractivity contribution in [3.05, 3.63) is 89.6 Å². The number of hydrogen-bond acceptors (Lipinski definition) is 9. The number of hydrogen-bond donors (Lipinski definition) is 2. The molecular formula is C39H37N5O5S. The number of aromatic nitrogens is 3. The number of pyridine rings is 2. The predicted octanol–water partition coefficient (Wildman–Crippen LogP) is 8.22. The van der Waals surface area contributed by atoms with Crippen LogP contribution in [0, 0.1) is 23.2 Å². The topological polar surface area (TPSA) is 127 Å². The number of thiazole rings is 1. The largest absolute Gasteiger partial charge is 0.512 e. The molecule has 3 aromatic heterocycles. The maximum absolute atomic E-state index is 13.5. The second-order valence-corrected chi connectivity index (χ2v) is 15.6. The summed E-state index contributed by atoms with van der Waals surface area (Å²) in [5.41, 5.74) is 4.91. The Hall–Kier alpha value is -5.03. The van der Waals surface area contributed by atoms with Crippen LogP contribution in [0.15, 0.2) is 72.9 Å². The van der Waals surface area contributed by atoms with Gasteiger partial charge in [-0.05, 0) is 116 Å². The number of rotatable bonds is 8. The van der Waals surface area contributed by atoms with Gasteiger partial charge in [0.25, 0.3) is 5.91 Å². The van der Waals surface area contributed by atoms with E-state index in [-0.39, 0.29) is 17.2 Å². The zero-order valence-electron chi connectivity index (χ0n) is 27.5. The highest BCUT2D eigenvalue weighted by Gasteiger charge is 2.51. The monoisotopic (exact) mass is 687 g/mol. The molecule has 0 saturated heterocycles. The van der Waals surface area contributed by atoms with Crippen LogP contribution in [0.4, 0.5) is 15.7 Å². The molecule has 10 nitrogen and oxygen atoms in total. The molecule has 254 valence electrons. The minimum absolute atomic E-state index is 0.0131. The average molecular weight is 688 g/mol. The van der Waals surface area contributed by atoms with Gasteiger partial charge in [0.1, 0.15) is 5.82 Å². The quantitative estimate of drug-likeness (QED) is 0.155. The molecule has 0 unspecified atom stereocenters. The maximum atomic E-state index is 13.5. The number of ether oxygens (including phenoxy) is 2. The van der Waals surface area contributed by atoms with E-state index < -0.39 is 6.16 Å². The summed E-state index contributed by atoms with van der Waals surface area (Å²) in [6, 6.07) is 20.9. The second kappa shape index (κ2) is 12.4. The van der Waals surface area contributed by atoms with E-state index >= 15 is 0 Å². The summed E-state index contributed by atoms with van der Waals surface area (Å²) in [6.45, 7) is 1.74. The summed E-state index contributed by atoms with van der Waals surface area (Å²) in [4.78, 5) is 41.2. The Kier molecular flexibility index (Phi) is 7.67. The molecular weight excluding hydrogens is 651 g/mol. The van der Waals surface area contributed by atoms with Crippen molar-refractivity contribution in [1.82, 2.24) is 15.0 Å². The first-order chi connectivity index (χ1) is 24.4. The predicted molar refractivity (Wildman–Crippen MR) is 191 cm³/mol. The van der Waals surface area contributed by atoms with Gasteiger partial charge in [0.05, 0.1) is 16.8 Å². The molecule has 4 bridgehead atoms. The van der Waals surface area contributed by atoms with Crippen molar-refractivity contribution in [2.24, 2.45) is 23.2 Å². The van der Waals surface area contributed by atoms with Gasteiger partial charge in [-0.1, -0.05) is 35.6 Å². The van der Waals surface area contributed by atoms with Gasteiger partial charge < -0.3 is 19.5 Å². The number of para-hydroxylation sites is 1. The van der Waals surface area contributed by atoms with Crippen LogP contribution >= 0.6 is 11.3 Å². The molecule has 10 rings (SSSR count). The van der Waals surface area contributed by atoms with Gasteiger partial charge >= 0.3 is 6.16 Å². The van der Waals surface area contributed by atoms with Crippen LogP contribution in [0.2, 0.25) is 0 Å². The number of carboxylic acid groups (broad SMARTS) is 1. The molecule has 0 spiro atoms. The standard InChI is InChI=1S/C39H37N5O5S/c45-35(43-37-41-31-6-1-2-7-32(31)50-37)29-5-3-4-26-11-13-44(21-30(26)29)33-9-8-28(36(42-33)49-38(46)47)27-10-12-40-34(17-27)48-22-39-18-23-14-24(19-39)16-25(15-23)20-39/h1-10,12,17,23-25H,11,13-16,18-22H2,(H,46,47)(H,41,43,45). The van der Waals surface area contributed by atoms with Crippen molar-refractivity contribution in [1.29, 1.82) is 0 Å². The molecule has 5 aliphatic rings. The molecule has 0 atom stereocenters. The lowest BCUT2D eigenvalue weighted by atomic mass is 9.50. The second-order valence-electron chi connectivity index (χ2n) is 14.5. The van der Waals surface area contributed by atoms with Crippen molar-refractivity contribution in [2.75, 3.05) is 23.4 Å². The van der Waals surface area contributed by atoms with Gasteiger partial charge in [-0.3, -0.25) is 10.1 Å². The fourth-order valence-electron chi connectivity index (χ4n) is 9.42. The Morgan fingerprint density at radius 3 is 2.54 bits per heavy atom. The lowest BCUT2D eigenvalue weighted by Gasteiger charge is -2.56. The Labute approximate surface area is 293 Å². The van der Waals surface area contributed by atoms with E-state index in [1.807, 2.05) is 71.6 Å². The highest BCUT2D eigenvalue weighted by Crippen LogP contribution is 2.60. The lowest BCUT2D eigenvalue weighted by Crippen LogP contribution is -2.48. The first kappa shape index (κ1) is 31.0. The Morgan fingerprint density at radius 2 is 1.76 bits per heavy atom. The minimum atomic E-state index is -1.44. The van der Waals surface area contributed by atoms with Gasteiger partial charge in [0.15, 0.2) is 5.13 Å². The van der Waals surface area contributed by atoms with Crippen molar-refractivity contribution >= 4 is 44.6 Å². The van der Waals surface area contributed by atoms with Gasteiger partial charge in [-0.25, -0.2) is 14.8 Å². The molecule has 1 aliphatic heterocycles. The first-order valence-corrected chi connectivity index (χ1v) is 18.2. The highest BCUT2D eigenvalue weighted by atomic mass is 32.1. The van der Waals surface area contributed by atoms with Gasteiger partial charge in [0.2, 0.25) is 11.8 Å². The van der Waals surface area contributed by atoms with E-state index in [4.69, 9.17) is 14.5 Å². The summed E-state index contributed by atoms with van der Waals surface area (Å²) >= 11 is 1.44. The lowest BCUT2D eigenvalue weighted by molar-refractivity contribution is -0.0751. The SMILES string of the molecule is O=C(O)Oc1nc(N2CCc3cccc(C(=O)Nc4nc5ccccc5s4)c3C2)ccc1-c1ccnc(OCC23CC4CC(CC(C4)C2)C3)c1. The molecule has 0 radical (unpaired) electrons. The highest BCUT2D eigenvalue weighted by molar-refractivity contribution is 7.22. The summed E-state index contributed by atoms with van der Waals surface area (Å²) in [5, 5.41) is 13.2. The Bertz CT molecular complexity index is 2060. The molecule has 4 saturated carbocycles. The third-order valence-electron chi connectivity index (χ3n) is 11.1. The third kappa shape index (κ3) is 5.93. The van der Waals surface area contributed by atoms with E-state index in [2.05, 4.69) is 15.3 Å². The molecule has 11 heteroatoms. The smallest absolute Gasteiger partial charge is 0.477 e. The van der Waals surface area contributed by atoms with Crippen molar-refractivity contribution in [3.8, 4) is 22.9 Å². The van der Waals surface area contributed by atoms with E-state index in [1.54, 1.807) is 6.20 Å². The van der Waals surface area contributed by atoms with Gasteiger partial charge in [0, 0.05) is 41.9 Å². The van der Waals surface area contributed by atoms with Crippen LogP contribution in [-0.2, 0) is 13.0 Å². The normalized spacial score (nSPS) is 23.4. The number of fused-ring (bicyclic) bond motifs is 2. The van der Waals surface area contributed by atoms with Crippen LogP contribution < -0.4 is 19.7 Å². The Balaban J connectivity index is 0.946. The third-order valence-corrected chi connectivity index (χ3v) is 12.1. The molecule has 2 N–H and O–H groups in total. The summed E-state index contributed by atoms with van der Waals surface area (Å²) < 4.78 is 12.6. The number of amides is 1. The molecule has 2 aromatic carbocycles. The van der Waals surface area contributed by atoms with Crippen molar-refractivity contribution in [2.45, 2.75) is 51.5 Å². The van der Waals surface area contributed by atoms with Crippen molar-refractivity contribution < 1.29 is 24.2 Å². The maximum Gasteiger partial charge on any atom is 0.512 e. The van der Waals surface area contributed by atoms with E-state index in [1.165, 1.54) is 49.9 Å². The van der Waals surface area contributed by atoms with Crippen LogP contribution in [0.1, 0.15) is 60.0 Å². The van der Waals surface area contributed by atoms with Gasteiger partial charge in [-0.15, -0.1) is 0 Å². The number of nitrogens with one attached hydrogen (secondary N) is 1. The molecule has 5 aromatic rings. The summed E-state index contributed by atoms with van der Waals surface area (Å²) in [6.07, 6.45) is 8.83. The van der Waals surface area contributed by atoms with Crippen molar-refractivity contribution in [3.63, 3.8) is 0 Å². The van der Waals surface area contributed by atoms with Crippen LogP contribution in [-0.4, -0.2) is 45.3 Å². The number of carbonyl (C=O) groups is 2. The van der Waals surface area contributed by atoms with E-state index in [0.717, 1.165) is 39.1 Å². The number of benzene rings is 2. The molecule has 50 heavy (non-hydrogen) atoms. The fourth-order valence-corrected chi connectivity index (χ4v) is 10.3. The zero-order valence-corrected chi connectivity index (χ0v) is 28.3. The van der Waals surface area contributed by atoms with Crippen LogP contribution in [0.25, 0.3) is 21.3 Å². The minimum Gasteiger partial charge on any atom is -0.477 e. The summed E-state index contributed by atoms with van der Waals surface area (Å²) in [5.74, 6) is 3.36. The summed E-state index contributed by atoms with van der Waals surface area (Å²) in [7, 11) is 0. The number of anilines is 2. The van der Waals surface area contributed by atoms with Crippen LogP contribution in [0.3, 0.4) is 0 Å². The molecule has 4 aliphatic carbocycles. The first-order valence-electron chi connectivity index (χ1n) is 17.4. The number of nitrogens with zero attached hydrogens (tertiary/aromatic N) is 4. The van der Waals surface area contributed by atoms with E-state index in [0.29, 0.717) is 59.6 Å².